The summed E-state index contributed by atoms with van der Waals surface area (Å²) in [6, 6.07) is 9.86. The first-order valence-corrected chi connectivity index (χ1v) is 7.16. The highest BCUT2D eigenvalue weighted by Gasteiger charge is 2.14. The Labute approximate surface area is 133 Å². The zero-order valence-corrected chi connectivity index (χ0v) is 12.9. The largest absolute Gasteiger partial charge is 0.370 e. The summed E-state index contributed by atoms with van der Waals surface area (Å²) in [5.41, 5.74) is 9.29. The van der Waals surface area contributed by atoms with E-state index in [4.69, 9.17) is 11.1 Å². The highest BCUT2D eigenvalue weighted by Crippen LogP contribution is 2.24. The second-order valence-electron chi connectivity index (χ2n) is 5.43. The molecule has 2 aromatic heterocycles. The molecule has 0 saturated heterocycles. The van der Waals surface area contributed by atoms with Gasteiger partial charge < -0.3 is 10.3 Å². The summed E-state index contributed by atoms with van der Waals surface area (Å²) in [6.45, 7) is 3.79. The lowest BCUT2D eigenvalue weighted by molar-refractivity contribution is 0.0976. The molecule has 2 heterocycles. The van der Waals surface area contributed by atoms with Crippen LogP contribution in [-0.2, 0) is 0 Å². The van der Waals surface area contributed by atoms with E-state index >= 15 is 0 Å². The molecule has 0 bridgehead atoms. The van der Waals surface area contributed by atoms with E-state index in [-0.39, 0.29) is 11.9 Å². The number of pyridine rings is 1. The van der Waals surface area contributed by atoms with Crippen LogP contribution in [-0.4, -0.2) is 21.4 Å². The van der Waals surface area contributed by atoms with E-state index < -0.39 is 0 Å². The molecule has 3 rings (SSSR count). The highest BCUT2D eigenvalue weighted by atomic mass is 16.1. The van der Waals surface area contributed by atoms with Gasteiger partial charge in [-0.05, 0) is 31.5 Å². The second kappa shape index (κ2) is 5.57. The summed E-state index contributed by atoms with van der Waals surface area (Å²) in [5.74, 6) is -0.754. The molecule has 0 radical (unpaired) electrons. The number of carbonyl (C=O) groups excluding carboxylic acids is 1. The van der Waals surface area contributed by atoms with E-state index in [0.717, 1.165) is 27.8 Å². The molecule has 6 heteroatoms. The molecule has 4 N–H and O–H groups in total. The number of carbonyl (C=O) groups is 1. The number of nitrogens with zero attached hydrogens (tertiary/aromatic N) is 2. The van der Waals surface area contributed by atoms with Crippen molar-refractivity contribution in [2.24, 2.45) is 5.73 Å². The van der Waals surface area contributed by atoms with Crippen molar-refractivity contribution in [1.82, 2.24) is 14.9 Å². The number of nitrogens with one attached hydrogen (secondary N) is 2. The molecule has 1 amide bonds. The van der Waals surface area contributed by atoms with E-state index in [9.17, 15) is 4.79 Å². The molecule has 116 valence electrons. The fraction of sp³-hybridized carbons (Fsp3) is 0.118. The fourth-order valence-electron chi connectivity index (χ4n) is 2.62. The maximum atomic E-state index is 12.1. The quantitative estimate of drug-likeness (QED) is 0.500. The molecule has 1 aromatic carbocycles. The molecule has 0 fully saturated rings. The van der Waals surface area contributed by atoms with Gasteiger partial charge in [-0.3, -0.25) is 20.5 Å². The molecule has 0 aliphatic heterocycles. The van der Waals surface area contributed by atoms with Gasteiger partial charge in [0.1, 0.15) is 0 Å². The normalized spacial score (nSPS) is 10.7. The number of hydrogen-bond donors (Lipinski definition) is 3. The number of guanidine groups is 1. The van der Waals surface area contributed by atoms with Crippen LogP contribution in [0.5, 0.6) is 0 Å². The van der Waals surface area contributed by atoms with E-state index in [2.05, 4.69) is 10.3 Å². The Bertz CT molecular complexity index is 926. The maximum absolute atomic E-state index is 12.1. The van der Waals surface area contributed by atoms with Gasteiger partial charge in [0.15, 0.2) is 5.96 Å². The Balaban J connectivity index is 2.13. The first-order valence-electron chi connectivity index (χ1n) is 7.16. The lowest BCUT2D eigenvalue weighted by Gasteiger charge is -2.09. The van der Waals surface area contributed by atoms with Crippen LogP contribution in [0.4, 0.5) is 0 Å². The van der Waals surface area contributed by atoms with Crippen molar-refractivity contribution in [2.75, 3.05) is 0 Å². The number of nitrogens with two attached hydrogens (primary N) is 1. The van der Waals surface area contributed by atoms with Gasteiger partial charge in [-0.2, -0.15) is 0 Å². The van der Waals surface area contributed by atoms with Crippen LogP contribution >= 0.6 is 0 Å². The molecule has 23 heavy (non-hydrogen) atoms. The minimum absolute atomic E-state index is 0.368. The summed E-state index contributed by atoms with van der Waals surface area (Å²) >= 11 is 0. The third-order valence-corrected chi connectivity index (χ3v) is 3.62. The smallest absolute Gasteiger partial charge is 0.259 e. The van der Waals surface area contributed by atoms with Gasteiger partial charge in [0, 0.05) is 23.5 Å². The van der Waals surface area contributed by atoms with Crippen molar-refractivity contribution < 1.29 is 4.79 Å². The van der Waals surface area contributed by atoms with Crippen LogP contribution in [0.1, 0.15) is 21.6 Å². The van der Waals surface area contributed by atoms with Gasteiger partial charge >= 0.3 is 0 Å². The Hall–Kier alpha value is -3.15. The monoisotopic (exact) mass is 307 g/mol. The lowest BCUT2D eigenvalue weighted by Crippen LogP contribution is -2.35. The highest BCUT2D eigenvalue weighted by molar-refractivity contribution is 6.05. The maximum Gasteiger partial charge on any atom is 0.259 e. The standard InChI is InChI=1S/C17H17N5O/c1-10-8-22(9-13(10)16(23)21-17(18)19)15-7-11(2)20-14-6-4-3-5-12(14)15/h3-9H,1-2H3,(H4,18,19,21,23). The minimum Gasteiger partial charge on any atom is -0.370 e. The van der Waals surface area contributed by atoms with E-state index in [1.165, 1.54) is 0 Å². The Morgan fingerprint density at radius 1 is 1.26 bits per heavy atom. The van der Waals surface area contributed by atoms with Crippen molar-refractivity contribution >= 4 is 22.8 Å². The number of aryl methyl sites for hydroxylation is 2. The second-order valence-corrected chi connectivity index (χ2v) is 5.43. The minimum atomic E-state index is -0.385. The van der Waals surface area contributed by atoms with Gasteiger partial charge in [-0.25, -0.2) is 0 Å². The number of aromatic nitrogens is 2. The number of fused-ring (bicyclic) bond motifs is 1. The van der Waals surface area contributed by atoms with Crippen LogP contribution in [0.3, 0.4) is 0 Å². The Kier molecular flexibility index (Phi) is 3.57. The molecule has 6 nitrogen and oxygen atoms in total. The molecule has 3 aromatic rings. The number of rotatable bonds is 2. The zero-order chi connectivity index (χ0) is 16.6. The molecule has 0 aliphatic carbocycles. The summed E-state index contributed by atoms with van der Waals surface area (Å²) < 4.78 is 1.90. The third kappa shape index (κ3) is 2.78. The van der Waals surface area contributed by atoms with Crippen molar-refractivity contribution in [1.29, 1.82) is 5.41 Å². The molecular formula is C17H17N5O. The first kappa shape index (κ1) is 14.8. The molecule has 0 spiro atoms. The molecule has 0 unspecified atom stereocenters. The fourth-order valence-corrected chi connectivity index (χ4v) is 2.62. The lowest BCUT2D eigenvalue weighted by atomic mass is 10.1. The van der Waals surface area contributed by atoms with Gasteiger partial charge in [-0.1, -0.05) is 18.2 Å². The predicted molar refractivity (Wildman–Crippen MR) is 89.9 cm³/mol. The number of benzene rings is 1. The predicted octanol–water partition coefficient (Wildman–Crippen LogP) is 2.27. The molecule has 0 aliphatic rings. The van der Waals surface area contributed by atoms with Crippen molar-refractivity contribution in [3.05, 3.63) is 59.5 Å². The Morgan fingerprint density at radius 3 is 2.74 bits per heavy atom. The van der Waals surface area contributed by atoms with Crippen LogP contribution in [0, 0.1) is 19.3 Å². The van der Waals surface area contributed by atoms with E-state index in [1.807, 2.05) is 54.9 Å². The van der Waals surface area contributed by atoms with Gasteiger partial charge in [0.25, 0.3) is 5.91 Å². The topological polar surface area (TPSA) is 96.8 Å². The molecule has 0 saturated carbocycles. The summed E-state index contributed by atoms with van der Waals surface area (Å²) in [6.07, 6.45) is 3.63. The van der Waals surface area contributed by atoms with Crippen molar-refractivity contribution in [3.8, 4) is 5.69 Å². The number of hydrogen-bond acceptors (Lipinski definition) is 3. The van der Waals surface area contributed by atoms with E-state index in [0.29, 0.717) is 5.56 Å². The average molecular weight is 307 g/mol. The molecule has 0 atom stereocenters. The van der Waals surface area contributed by atoms with Crippen LogP contribution < -0.4 is 11.1 Å². The summed E-state index contributed by atoms with van der Waals surface area (Å²) in [7, 11) is 0. The average Bonchev–Trinajstić information content (AvgIpc) is 2.87. The third-order valence-electron chi connectivity index (χ3n) is 3.62. The summed E-state index contributed by atoms with van der Waals surface area (Å²) in [5, 5.41) is 10.5. The van der Waals surface area contributed by atoms with Crippen LogP contribution in [0.15, 0.2) is 42.7 Å². The number of para-hydroxylation sites is 1. The first-order chi connectivity index (χ1) is 11.0. The Morgan fingerprint density at radius 2 is 2.00 bits per heavy atom. The summed E-state index contributed by atoms with van der Waals surface area (Å²) in [4.78, 5) is 16.6. The van der Waals surface area contributed by atoms with Crippen LogP contribution in [0.25, 0.3) is 16.6 Å². The van der Waals surface area contributed by atoms with Crippen LogP contribution in [0.2, 0.25) is 0 Å². The van der Waals surface area contributed by atoms with Gasteiger partial charge in [-0.15, -0.1) is 0 Å². The van der Waals surface area contributed by atoms with Gasteiger partial charge in [0.2, 0.25) is 0 Å². The SMILES string of the molecule is Cc1cc(-n2cc(C)c(C(=O)NC(=N)N)c2)c2ccccc2n1. The van der Waals surface area contributed by atoms with Crippen molar-refractivity contribution in [3.63, 3.8) is 0 Å². The zero-order valence-electron chi connectivity index (χ0n) is 12.9. The molecular weight excluding hydrogens is 290 g/mol. The van der Waals surface area contributed by atoms with Gasteiger partial charge in [0.05, 0.1) is 16.8 Å². The van der Waals surface area contributed by atoms with E-state index in [1.54, 1.807) is 6.20 Å². The van der Waals surface area contributed by atoms with Crippen molar-refractivity contribution in [2.45, 2.75) is 13.8 Å². The number of amides is 1.